The van der Waals surface area contributed by atoms with Gasteiger partial charge in [0.15, 0.2) is 12.0 Å². The highest BCUT2D eigenvalue weighted by atomic mass is 35.5. The maximum Gasteiger partial charge on any atom is 0.164 e. The Bertz CT molecular complexity index is 1140. The van der Waals surface area contributed by atoms with Gasteiger partial charge in [0.05, 0.1) is 17.0 Å². The van der Waals surface area contributed by atoms with E-state index < -0.39 is 36.4 Å². The second-order valence-electron chi connectivity index (χ2n) is 7.86. The third kappa shape index (κ3) is 3.07. The lowest BCUT2D eigenvalue weighted by molar-refractivity contribution is -0.207. The van der Waals surface area contributed by atoms with Crippen LogP contribution in [0.25, 0.3) is 11.0 Å². The van der Waals surface area contributed by atoms with Crippen molar-refractivity contribution in [1.29, 1.82) is 5.26 Å². The first-order valence-corrected chi connectivity index (χ1v) is 9.92. The molecule has 0 spiro atoms. The van der Waals surface area contributed by atoms with Crippen molar-refractivity contribution in [1.82, 2.24) is 14.5 Å². The van der Waals surface area contributed by atoms with Crippen molar-refractivity contribution >= 4 is 22.6 Å². The van der Waals surface area contributed by atoms with Gasteiger partial charge in [0.2, 0.25) is 0 Å². The zero-order chi connectivity index (χ0) is 21.0. The van der Waals surface area contributed by atoms with Crippen LogP contribution in [-0.2, 0) is 14.2 Å². The average Bonchev–Trinajstić information content (AvgIpc) is 3.39. The molecule has 1 N–H and O–H groups in total. The Labute approximate surface area is 177 Å². The Balaban J connectivity index is 1.52. The molecule has 2 aliphatic rings. The van der Waals surface area contributed by atoms with Gasteiger partial charge in [0, 0.05) is 6.20 Å². The molecule has 2 aliphatic heterocycles. The number of aliphatic hydroxyl groups is 1. The molecule has 0 amide bonds. The molecule has 2 fully saturated rings. The molecular formula is C21H19ClN4O4. The zero-order valence-corrected chi connectivity index (χ0v) is 17.0. The Kier molecular flexibility index (Phi) is 4.54. The van der Waals surface area contributed by atoms with Gasteiger partial charge in [-0.3, -0.25) is 0 Å². The molecule has 8 nitrogen and oxygen atoms in total. The van der Waals surface area contributed by atoms with Crippen LogP contribution < -0.4 is 0 Å². The standard InChI is InChI=1S/C21H19ClN4O4/c1-21(2)29-16-15(14(27)12-5-3-11(9-23)4-6-12)28-20(17(16)30-21)26-8-7-13-18(22)24-10-25-19(13)26/h3-8,10,14-17,20,27H,1-2H3/t14?,15-,16-,17-,20-/m1/s1. The van der Waals surface area contributed by atoms with E-state index >= 15 is 0 Å². The van der Waals surface area contributed by atoms with Gasteiger partial charge in [0.1, 0.15) is 41.5 Å². The summed E-state index contributed by atoms with van der Waals surface area (Å²) in [5, 5.41) is 21.1. The lowest BCUT2D eigenvalue weighted by atomic mass is 9.98. The maximum absolute atomic E-state index is 11.1. The minimum absolute atomic E-state index is 0.353. The zero-order valence-electron chi connectivity index (χ0n) is 16.3. The minimum atomic E-state index is -0.965. The van der Waals surface area contributed by atoms with Crippen LogP contribution in [0.5, 0.6) is 0 Å². The van der Waals surface area contributed by atoms with E-state index in [1.807, 2.05) is 30.7 Å². The van der Waals surface area contributed by atoms with Crippen LogP contribution >= 0.6 is 11.6 Å². The number of aromatic nitrogens is 3. The summed E-state index contributed by atoms with van der Waals surface area (Å²) in [6, 6.07) is 10.7. The van der Waals surface area contributed by atoms with E-state index in [4.69, 9.17) is 31.1 Å². The van der Waals surface area contributed by atoms with Crippen molar-refractivity contribution in [2.24, 2.45) is 0 Å². The highest BCUT2D eigenvalue weighted by Gasteiger charge is 2.58. The molecule has 4 heterocycles. The number of aliphatic hydroxyl groups excluding tert-OH is 1. The molecule has 5 atom stereocenters. The molecule has 0 radical (unpaired) electrons. The van der Waals surface area contributed by atoms with Crippen LogP contribution in [-0.4, -0.2) is 43.7 Å². The average molecular weight is 427 g/mol. The van der Waals surface area contributed by atoms with Crippen molar-refractivity contribution in [2.75, 3.05) is 0 Å². The van der Waals surface area contributed by atoms with Crippen molar-refractivity contribution in [3.05, 3.63) is 59.1 Å². The monoisotopic (exact) mass is 426 g/mol. The van der Waals surface area contributed by atoms with E-state index in [-0.39, 0.29) is 0 Å². The summed E-state index contributed by atoms with van der Waals surface area (Å²) >= 11 is 6.19. The highest BCUT2D eigenvalue weighted by Crippen LogP contribution is 2.47. The van der Waals surface area contributed by atoms with Gasteiger partial charge in [-0.05, 0) is 37.6 Å². The van der Waals surface area contributed by atoms with E-state index in [1.54, 1.807) is 24.3 Å². The fourth-order valence-electron chi connectivity index (χ4n) is 4.18. The summed E-state index contributed by atoms with van der Waals surface area (Å²) in [6.07, 6.45) is 0.0494. The molecule has 3 aromatic rings. The van der Waals surface area contributed by atoms with Gasteiger partial charge in [-0.2, -0.15) is 5.26 Å². The van der Waals surface area contributed by atoms with Crippen LogP contribution in [0.2, 0.25) is 5.15 Å². The molecular weight excluding hydrogens is 408 g/mol. The second-order valence-corrected chi connectivity index (χ2v) is 8.22. The fourth-order valence-corrected chi connectivity index (χ4v) is 4.37. The van der Waals surface area contributed by atoms with Crippen LogP contribution in [0.1, 0.15) is 37.3 Å². The molecule has 0 saturated carbocycles. The third-order valence-electron chi connectivity index (χ3n) is 5.49. The predicted octanol–water partition coefficient (Wildman–Crippen LogP) is 3.11. The topological polar surface area (TPSA) is 102 Å². The lowest BCUT2D eigenvalue weighted by Crippen LogP contribution is -2.34. The fraction of sp³-hybridized carbons (Fsp3) is 0.381. The predicted molar refractivity (Wildman–Crippen MR) is 106 cm³/mol. The summed E-state index contributed by atoms with van der Waals surface area (Å²) in [6.45, 7) is 3.67. The molecule has 1 unspecified atom stereocenters. The first-order chi connectivity index (χ1) is 14.4. The van der Waals surface area contributed by atoms with Gasteiger partial charge in [-0.1, -0.05) is 23.7 Å². The largest absolute Gasteiger partial charge is 0.386 e. The number of nitrogens with zero attached hydrogens (tertiary/aromatic N) is 4. The molecule has 0 aliphatic carbocycles. The Hall–Kier alpha value is -2.54. The van der Waals surface area contributed by atoms with Crippen LogP contribution in [0.4, 0.5) is 0 Å². The summed E-state index contributed by atoms with van der Waals surface area (Å²) in [5.74, 6) is -0.824. The first-order valence-electron chi connectivity index (χ1n) is 9.54. The van der Waals surface area contributed by atoms with Crippen LogP contribution in [0.3, 0.4) is 0 Å². The Morgan fingerprint density at radius 3 is 2.63 bits per heavy atom. The SMILES string of the molecule is CC1(C)O[C@@H]2[C@H](O1)[C@@H](C(O)c1ccc(C#N)cc1)O[C@H]2n1ccc2c(Cl)ncnc21. The maximum atomic E-state index is 11.1. The van der Waals surface area contributed by atoms with E-state index in [0.717, 1.165) is 0 Å². The number of benzene rings is 1. The van der Waals surface area contributed by atoms with Crippen molar-refractivity contribution in [3.63, 3.8) is 0 Å². The van der Waals surface area contributed by atoms with Crippen LogP contribution in [0, 0.1) is 11.3 Å². The number of nitriles is 1. The molecule has 9 heteroatoms. The number of rotatable bonds is 3. The van der Waals surface area contributed by atoms with Gasteiger partial charge in [-0.15, -0.1) is 0 Å². The summed E-state index contributed by atoms with van der Waals surface area (Å²) in [7, 11) is 0. The molecule has 1 aromatic carbocycles. The molecule has 30 heavy (non-hydrogen) atoms. The molecule has 2 saturated heterocycles. The number of hydrogen-bond acceptors (Lipinski definition) is 7. The molecule has 2 aromatic heterocycles. The van der Waals surface area contributed by atoms with E-state index in [2.05, 4.69) is 16.0 Å². The Morgan fingerprint density at radius 1 is 1.17 bits per heavy atom. The normalized spacial score (nSPS) is 28.4. The quantitative estimate of drug-likeness (QED) is 0.642. The smallest absolute Gasteiger partial charge is 0.164 e. The van der Waals surface area contributed by atoms with E-state index in [9.17, 15) is 5.11 Å². The molecule has 0 bridgehead atoms. The number of hydrogen-bond donors (Lipinski definition) is 1. The summed E-state index contributed by atoms with van der Waals surface area (Å²) in [4.78, 5) is 8.36. The lowest BCUT2D eigenvalue weighted by Gasteiger charge is -2.27. The molecule has 154 valence electrons. The summed E-state index contributed by atoms with van der Waals surface area (Å²) < 4.78 is 20.4. The Morgan fingerprint density at radius 2 is 1.90 bits per heavy atom. The van der Waals surface area contributed by atoms with Crippen molar-refractivity contribution < 1.29 is 19.3 Å². The van der Waals surface area contributed by atoms with Gasteiger partial charge < -0.3 is 23.9 Å². The minimum Gasteiger partial charge on any atom is -0.386 e. The van der Waals surface area contributed by atoms with E-state index in [0.29, 0.717) is 27.3 Å². The van der Waals surface area contributed by atoms with Crippen LogP contribution in [0.15, 0.2) is 42.9 Å². The third-order valence-corrected chi connectivity index (χ3v) is 5.79. The van der Waals surface area contributed by atoms with Crippen molar-refractivity contribution in [3.8, 4) is 6.07 Å². The summed E-state index contributed by atoms with van der Waals surface area (Å²) in [5.41, 5.74) is 1.76. The number of fused-ring (bicyclic) bond motifs is 2. The van der Waals surface area contributed by atoms with Gasteiger partial charge in [-0.25, -0.2) is 9.97 Å². The van der Waals surface area contributed by atoms with Gasteiger partial charge in [0.25, 0.3) is 0 Å². The molecule has 5 rings (SSSR count). The number of halogens is 1. The first kappa shape index (κ1) is 19.4. The highest BCUT2D eigenvalue weighted by molar-refractivity contribution is 6.33. The second kappa shape index (κ2) is 7.01. The van der Waals surface area contributed by atoms with E-state index in [1.165, 1.54) is 6.33 Å². The van der Waals surface area contributed by atoms with Crippen molar-refractivity contribution in [2.45, 2.75) is 50.3 Å². The number of ether oxygens (including phenoxy) is 3. The van der Waals surface area contributed by atoms with Gasteiger partial charge >= 0.3 is 0 Å².